The molecule has 7 nitrogen and oxygen atoms in total. The minimum Gasteiger partial charge on any atom is -0.489 e. The van der Waals surface area contributed by atoms with Gasteiger partial charge in [-0.25, -0.2) is 4.79 Å². The Morgan fingerprint density at radius 1 is 1.06 bits per heavy atom. The number of alkyl halides is 3. The van der Waals surface area contributed by atoms with Gasteiger partial charge < -0.3 is 24.8 Å². The van der Waals surface area contributed by atoms with E-state index in [1.165, 1.54) is 14.0 Å². The second kappa shape index (κ2) is 11.2. The number of carbonyl (C=O) groups is 2. The molecule has 1 atom stereocenters. The van der Waals surface area contributed by atoms with Crippen LogP contribution >= 0.6 is 0 Å². The normalized spacial score (nSPS) is 12.0. The number of alkyl carbamates (subject to hydrolysis) is 1. The number of hydrogen-bond donors (Lipinski definition) is 2. The van der Waals surface area contributed by atoms with Gasteiger partial charge in [0.15, 0.2) is 0 Å². The predicted octanol–water partition coefficient (Wildman–Crippen LogP) is 3.98. The Labute approximate surface area is 177 Å². The van der Waals surface area contributed by atoms with Crippen LogP contribution in [0.5, 0.6) is 5.75 Å². The van der Waals surface area contributed by atoms with Gasteiger partial charge in [-0.3, -0.25) is 4.79 Å². The van der Waals surface area contributed by atoms with Gasteiger partial charge in [0.2, 0.25) is 5.91 Å². The maximum absolute atomic E-state index is 13.1. The Balaban J connectivity index is 2.01. The number of hydrogen-bond acceptors (Lipinski definition) is 5. The molecule has 0 aromatic heterocycles. The molecule has 168 valence electrons. The molecule has 0 fully saturated rings. The lowest BCUT2D eigenvalue weighted by Gasteiger charge is -2.18. The molecule has 0 saturated heterocycles. The molecule has 2 aromatic rings. The van der Waals surface area contributed by atoms with E-state index in [9.17, 15) is 22.8 Å². The molecule has 0 aliphatic heterocycles. The summed E-state index contributed by atoms with van der Waals surface area (Å²) >= 11 is 0. The van der Waals surface area contributed by atoms with Crippen LogP contribution in [-0.2, 0) is 27.1 Å². The summed E-state index contributed by atoms with van der Waals surface area (Å²) in [5.41, 5.74) is -0.372. The fourth-order valence-electron chi connectivity index (χ4n) is 2.41. The minimum absolute atomic E-state index is 0.00608. The van der Waals surface area contributed by atoms with E-state index < -0.39 is 29.8 Å². The second-order valence-corrected chi connectivity index (χ2v) is 6.47. The van der Waals surface area contributed by atoms with Gasteiger partial charge in [0.1, 0.15) is 25.0 Å². The van der Waals surface area contributed by atoms with E-state index in [0.717, 1.165) is 23.8 Å². The molecule has 2 N–H and O–H groups in total. The van der Waals surface area contributed by atoms with Crippen molar-refractivity contribution in [3.63, 3.8) is 0 Å². The van der Waals surface area contributed by atoms with Crippen molar-refractivity contribution in [2.45, 2.75) is 25.7 Å². The fraction of sp³-hybridized carbons (Fsp3) is 0.333. The zero-order chi connectivity index (χ0) is 22.9. The van der Waals surface area contributed by atoms with Gasteiger partial charge in [-0.05, 0) is 30.7 Å². The highest BCUT2D eigenvalue weighted by molar-refractivity contribution is 5.97. The molecule has 0 heterocycles. The van der Waals surface area contributed by atoms with Crippen molar-refractivity contribution in [1.82, 2.24) is 5.32 Å². The van der Waals surface area contributed by atoms with Crippen LogP contribution in [-0.4, -0.2) is 38.4 Å². The molecule has 31 heavy (non-hydrogen) atoms. The Hall–Kier alpha value is -3.27. The Morgan fingerprint density at radius 3 is 2.42 bits per heavy atom. The maximum atomic E-state index is 13.1. The summed E-state index contributed by atoms with van der Waals surface area (Å²) in [6.07, 6.45) is -5.44. The number of amides is 2. The monoisotopic (exact) mass is 440 g/mol. The molecule has 0 aliphatic rings. The molecule has 1 unspecified atom stereocenters. The summed E-state index contributed by atoms with van der Waals surface area (Å²) in [5, 5.41) is 4.68. The lowest BCUT2D eigenvalue weighted by Crippen LogP contribution is -2.41. The minimum atomic E-state index is -4.60. The van der Waals surface area contributed by atoms with Gasteiger partial charge in [-0.2, -0.15) is 13.2 Å². The maximum Gasteiger partial charge on any atom is 0.416 e. The van der Waals surface area contributed by atoms with Crippen molar-refractivity contribution in [1.29, 1.82) is 0 Å². The first-order valence-corrected chi connectivity index (χ1v) is 9.31. The zero-order valence-corrected chi connectivity index (χ0v) is 17.0. The Morgan fingerprint density at radius 2 is 1.77 bits per heavy atom. The third-order valence-corrected chi connectivity index (χ3v) is 4.05. The highest BCUT2D eigenvalue weighted by Crippen LogP contribution is 2.35. The Bertz CT molecular complexity index is 875. The van der Waals surface area contributed by atoms with Gasteiger partial charge >= 0.3 is 12.3 Å². The standard InChI is InChI=1S/C21H23F3N2O5/c1-14(25-20(28)31-13-15-6-4-3-5-7-15)19(27)26-17-12-16(21(22,23)24)8-9-18(17)30-11-10-29-2/h3-9,12,14H,10-11,13H2,1-2H3,(H,25,28)(H,26,27). The van der Waals surface area contributed by atoms with Crippen molar-refractivity contribution in [3.8, 4) is 5.75 Å². The van der Waals surface area contributed by atoms with E-state index in [1.54, 1.807) is 24.3 Å². The van der Waals surface area contributed by atoms with Crippen LogP contribution in [0, 0.1) is 0 Å². The molecular formula is C21H23F3N2O5. The van der Waals surface area contributed by atoms with Gasteiger partial charge in [-0.1, -0.05) is 30.3 Å². The summed E-state index contributed by atoms with van der Waals surface area (Å²) in [6, 6.07) is 10.6. The van der Waals surface area contributed by atoms with Crippen molar-refractivity contribution >= 4 is 17.7 Å². The van der Waals surface area contributed by atoms with E-state index in [1.807, 2.05) is 6.07 Å². The van der Waals surface area contributed by atoms with Crippen LogP contribution in [0.15, 0.2) is 48.5 Å². The van der Waals surface area contributed by atoms with Gasteiger partial charge in [0.25, 0.3) is 0 Å². The quantitative estimate of drug-likeness (QED) is 0.576. The highest BCUT2D eigenvalue weighted by Gasteiger charge is 2.31. The summed E-state index contributed by atoms with van der Waals surface area (Å²) in [7, 11) is 1.45. The Kier molecular flexibility index (Phi) is 8.68. The number of rotatable bonds is 9. The van der Waals surface area contributed by atoms with Crippen LogP contribution in [0.1, 0.15) is 18.1 Å². The average Bonchev–Trinajstić information content (AvgIpc) is 2.73. The smallest absolute Gasteiger partial charge is 0.416 e. The molecule has 0 bridgehead atoms. The van der Waals surface area contributed by atoms with Crippen molar-refractivity contribution < 1.29 is 37.0 Å². The van der Waals surface area contributed by atoms with Crippen molar-refractivity contribution in [2.24, 2.45) is 0 Å². The zero-order valence-electron chi connectivity index (χ0n) is 17.0. The molecule has 2 rings (SSSR count). The van der Waals surface area contributed by atoms with Crippen LogP contribution in [0.25, 0.3) is 0 Å². The van der Waals surface area contributed by atoms with Crippen LogP contribution < -0.4 is 15.4 Å². The van der Waals surface area contributed by atoms with Crippen LogP contribution in [0.3, 0.4) is 0 Å². The number of methoxy groups -OCH3 is 1. The number of anilines is 1. The van der Waals surface area contributed by atoms with Crippen molar-refractivity contribution in [3.05, 3.63) is 59.7 Å². The molecule has 0 aliphatic carbocycles. The molecular weight excluding hydrogens is 417 g/mol. The van der Waals surface area contributed by atoms with Gasteiger partial charge in [0, 0.05) is 7.11 Å². The first-order chi connectivity index (χ1) is 14.7. The van der Waals surface area contributed by atoms with E-state index in [4.69, 9.17) is 14.2 Å². The molecule has 0 saturated carbocycles. The predicted molar refractivity (Wildman–Crippen MR) is 107 cm³/mol. The summed E-state index contributed by atoms with van der Waals surface area (Å²) in [5.74, 6) is -0.704. The summed E-state index contributed by atoms with van der Waals surface area (Å²) in [4.78, 5) is 24.3. The van der Waals surface area contributed by atoms with E-state index in [2.05, 4.69) is 10.6 Å². The molecule has 0 radical (unpaired) electrons. The topological polar surface area (TPSA) is 85.9 Å². The van der Waals surface area contributed by atoms with Gasteiger partial charge in [-0.15, -0.1) is 0 Å². The molecule has 2 aromatic carbocycles. The third kappa shape index (κ3) is 7.82. The number of ether oxygens (including phenoxy) is 3. The summed E-state index contributed by atoms with van der Waals surface area (Å²) in [6.45, 7) is 1.66. The average molecular weight is 440 g/mol. The van der Waals surface area contributed by atoms with E-state index >= 15 is 0 Å². The SMILES string of the molecule is COCCOc1ccc(C(F)(F)F)cc1NC(=O)C(C)NC(=O)OCc1ccccc1. The van der Waals surface area contributed by atoms with Crippen LogP contribution in [0.4, 0.5) is 23.7 Å². The first kappa shape index (κ1) is 24.0. The molecule has 2 amide bonds. The number of benzene rings is 2. The number of nitrogens with one attached hydrogen (secondary N) is 2. The fourth-order valence-corrected chi connectivity index (χ4v) is 2.41. The molecule has 10 heteroatoms. The summed E-state index contributed by atoms with van der Waals surface area (Å²) < 4.78 is 54.4. The number of carbonyl (C=O) groups excluding carboxylic acids is 2. The highest BCUT2D eigenvalue weighted by atomic mass is 19.4. The third-order valence-electron chi connectivity index (χ3n) is 4.05. The first-order valence-electron chi connectivity index (χ1n) is 9.31. The lowest BCUT2D eigenvalue weighted by atomic mass is 10.1. The van der Waals surface area contributed by atoms with Crippen LogP contribution in [0.2, 0.25) is 0 Å². The molecule has 0 spiro atoms. The number of halogens is 3. The lowest BCUT2D eigenvalue weighted by molar-refractivity contribution is -0.137. The largest absolute Gasteiger partial charge is 0.489 e. The van der Waals surface area contributed by atoms with E-state index in [-0.39, 0.29) is 31.3 Å². The second-order valence-electron chi connectivity index (χ2n) is 6.47. The van der Waals surface area contributed by atoms with Gasteiger partial charge in [0.05, 0.1) is 17.9 Å². The van der Waals surface area contributed by atoms with E-state index in [0.29, 0.717) is 0 Å². The van der Waals surface area contributed by atoms with Crippen molar-refractivity contribution in [2.75, 3.05) is 25.6 Å².